The van der Waals surface area contributed by atoms with Crippen molar-refractivity contribution in [2.24, 2.45) is 0 Å². The fourth-order valence-corrected chi connectivity index (χ4v) is 0. The van der Waals surface area contributed by atoms with Gasteiger partial charge >= 0.3 is 34.7 Å². The Labute approximate surface area is 49.3 Å². The molecule has 0 aliphatic rings. The second-order valence-corrected chi connectivity index (χ2v) is 0. The van der Waals surface area contributed by atoms with E-state index in [1.54, 1.807) is 0 Å². The van der Waals surface area contributed by atoms with E-state index in [9.17, 15) is 0 Å². The van der Waals surface area contributed by atoms with Crippen molar-refractivity contribution in [3.63, 3.8) is 0 Å². The predicted molar refractivity (Wildman–Crippen MR) is 11.5 cm³/mol. The summed E-state index contributed by atoms with van der Waals surface area (Å²) in [4.78, 5) is 0. The Morgan fingerprint density at radius 1 is 0.400 bits per heavy atom. The van der Waals surface area contributed by atoms with Gasteiger partial charge in [-0.15, -0.1) is 0 Å². The van der Waals surface area contributed by atoms with Gasteiger partial charge in [-0.05, 0) is 0 Å². The van der Waals surface area contributed by atoms with Gasteiger partial charge in [0, 0.05) is 0 Å². The van der Waals surface area contributed by atoms with Crippen LogP contribution in [0.3, 0.4) is 0 Å². The van der Waals surface area contributed by atoms with E-state index in [2.05, 4.69) is 0 Å². The molecule has 0 rings (SSSR count). The zero-order valence-electron chi connectivity index (χ0n) is 2.29. The van der Waals surface area contributed by atoms with Crippen molar-refractivity contribution in [2.45, 2.75) is 0 Å². The molecule has 0 bridgehead atoms. The third-order valence-electron chi connectivity index (χ3n) is 0. The molecule has 0 N–H and O–H groups in total. The van der Waals surface area contributed by atoms with Crippen LogP contribution in [0.15, 0.2) is 0 Å². The Kier molecular flexibility index (Phi) is 3730. The van der Waals surface area contributed by atoms with Gasteiger partial charge in [0.15, 0.2) is 0 Å². The SMILES string of the molecule is [Al+3].[Al+3].[F-].[F-].[F-]. The van der Waals surface area contributed by atoms with Crippen LogP contribution >= 0.6 is 0 Å². The molecule has 0 aliphatic carbocycles. The molecule has 0 amide bonds. The first kappa shape index (κ1) is 189. The normalized spacial score (nSPS) is 0. The summed E-state index contributed by atoms with van der Waals surface area (Å²) in [5, 5.41) is 0. The van der Waals surface area contributed by atoms with Crippen LogP contribution in [-0.4, -0.2) is 34.7 Å². The maximum Gasteiger partial charge on any atom is 3.00 e. The van der Waals surface area contributed by atoms with Crippen LogP contribution in [0, 0.1) is 0 Å². The van der Waals surface area contributed by atoms with Crippen LogP contribution in [0.2, 0.25) is 0 Å². The fourth-order valence-electron chi connectivity index (χ4n) is 0. The minimum Gasteiger partial charge on any atom is -1.00 e. The van der Waals surface area contributed by atoms with Crippen molar-refractivity contribution in [1.82, 2.24) is 0 Å². The molecule has 0 radical (unpaired) electrons. The second kappa shape index (κ2) is 98.7. The van der Waals surface area contributed by atoms with Crippen LogP contribution in [0.4, 0.5) is 0 Å². The van der Waals surface area contributed by atoms with E-state index < -0.39 is 0 Å². The summed E-state index contributed by atoms with van der Waals surface area (Å²) in [6, 6.07) is 0. The average molecular weight is 111 g/mol. The van der Waals surface area contributed by atoms with Crippen molar-refractivity contribution < 1.29 is 14.1 Å². The van der Waals surface area contributed by atoms with E-state index in [0.29, 0.717) is 0 Å². The topological polar surface area (TPSA) is 0 Å². The van der Waals surface area contributed by atoms with Gasteiger partial charge in [0.05, 0.1) is 0 Å². The first-order chi connectivity index (χ1) is 0. The molecule has 0 atom stereocenters. The van der Waals surface area contributed by atoms with Gasteiger partial charge in [-0.3, -0.25) is 0 Å². The van der Waals surface area contributed by atoms with Crippen LogP contribution in [0.25, 0.3) is 0 Å². The summed E-state index contributed by atoms with van der Waals surface area (Å²) in [7, 11) is 0. The molecule has 0 saturated carbocycles. The van der Waals surface area contributed by atoms with E-state index in [1.807, 2.05) is 0 Å². The molecule has 0 heterocycles. The Morgan fingerprint density at radius 2 is 0.400 bits per heavy atom. The molecule has 5 heavy (non-hydrogen) atoms. The third-order valence-corrected chi connectivity index (χ3v) is 0. The molecule has 0 aromatic heterocycles. The minimum atomic E-state index is 0. The van der Waals surface area contributed by atoms with Crippen LogP contribution in [0.5, 0.6) is 0 Å². The second-order valence-electron chi connectivity index (χ2n) is 0. The van der Waals surface area contributed by atoms with Gasteiger partial charge in [0.1, 0.15) is 0 Å². The summed E-state index contributed by atoms with van der Waals surface area (Å²) >= 11 is 0. The standard InChI is InChI=1S/2Al.3FH/h;;3*1H/q2*+3;;;/p-3. The van der Waals surface area contributed by atoms with Gasteiger partial charge in [0.2, 0.25) is 0 Å². The van der Waals surface area contributed by atoms with Gasteiger partial charge < -0.3 is 14.1 Å². The van der Waals surface area contributed by atoms with Crippen molar-refractivity contribution in [2.75, 3.05) is 0 Å². The number of hydrogen-bond acceptors (Lipinski definition) is 0. The molecule has 5 heteroatoms. The van der Waals surface area contributed by atoms with Gasteiger partial charge in [-0.2, -0.15) is 0 Å². The van der Waals surface area contributed by atoms with Crippen LogP contribution < -0.4 is 14.1 Å². The zero-order chi connectivity index (χ0) is 0. The maximum absolute atomic E-state index is 0. The molecule has 0 aromatic carbocycles. The van der Waals surface area contributed by atoms with Crippen LogP contribution in [0.1, 0.15) is 0 Å². The van der Waals surface area contributed by atoms with Gasteiger partial charge in [-0.25, -0.2) is 0 Å². The summed E-state index contributed by atoms with van der Waals surface area (Å²) in [6.45, 7) is 0. The fraction of sp³-hybridized carbons (Fsp3) is 0. The Balaban J connectivity index is 0. The van der Waals surface area contributed by atoms with E-state index in [0.717, 1.165) is 0 Å². The monoisotopic (exact) mass is 111 g/mol. The maximum atomic E-state index is 0. The summed E-state index contributed by atoms with van der Waals surface area (Å²) in [5.41, 5.74) is 0. The van der Waals surface area contributed by atoms with E-state index in [-0.39, 0.29) is 48.8 Å². The molecule has 0 unspecified atom stereocenters. The Hall–Kier alpha value is 0.855. The van der Waals surface area contributed by atoms with Crippen molar-refractivity contribution in [3.8, 4) is 0 Å². The van der Waals surface area contributed by atoms with Crippen molar-refractivity contribution in [1.29, 1.82) is 0 Å². The molecule has 24 valence electrons. The van der Waals surface area contributed by atoms with Gasteiger partial charge in [0.25, 0.3) is 0 Å². The zero-order valence-corrected chi connectivity index (χ0v) is 4.60. The third kappa shape index (κ3) is 54.1. The van der Waals surface area contributed by atoms with E-state index in [1.165, 1.54) is 0 Å². The first-order valence-electron chi connectivity index (χ1n) is 0. The van der Waals surface area contributed by atoms with Crippen molar-refractivity contribution in [3.05, 3.63) is 0 Å². The largest absolute Gasteiger partial charge is 3.00 e. The van der Waals surface area contributed by atoms with E-state index in [4.69, 9.17) is 0 Å². The summed E-state index contributed by atoms with van der Waals surface area (Å²) in [5.74, 6) is 0. The van der Waals surface area contributed by atoms with Gasteiger partial charge in [-0.1, -0.05) is 0 Å². The number of hydrogen-bond donors (Lipinski definition) is 0. The number of rotatable bonds is 0. The number of halogens is 3. The average Bonchev–Trinajstić information content (AvgIpc) is 0. The van der Waals surface area contributed by atoms with E-state index >= 15 is 0 Å². The summed E-state index contributed by atoms with van der Waals surface area (Å²) < 4.78 is 0. The summed E-state index contributed by atoms with van der Waals surface area (Å²) in [6.07, 6.45) is 0. The Bertz CT molecular complexity index is 4.85. The predicted octanol–water partition coefficient (Wildman–Crippen LogP) is -9.75. The molecular weight excluding hydrogens is 111 g/mol. The van der Waals surface area contributed by atoms with Crippen LogP contribution in [-0.2, 0) is 0 Å². The Morgan fingerprint density at radius 3 is 0.400 bits per heavy atom. The molecule has 0 nitrogen and oxygen atoms in total. The molecule has 0 aromatic rings. The quantitative estimate of drug-likeness (QED) is 0.272. The molecule has 0 saturated heterocycles. The first-order valence-corrected chi connectivity index (χ1v) is 0. The smallest absolute Gasteiger partial charge is 1.00 e. The minimum absolute atomic E-state index is 0. The molecule has 0 spiro atoms. The molecular formula is Al2F3+3. The molecule has 0 aliphatic heterocycles. The molecule has 0 fully saturated rings. The van der Waals surface area contributed by atoms with Crippen molar-refractivity contribution >= 4 is 34.7 Å².